The first kappa shape index (κ1) is 19.2. The predicted octanol–water partition coefficient (Wildman–Crippen LogP) is 5.53. The highest BCUT2D eigenvalue weighted by atomic mass is 35.5. The molecule has 2 rings (SSSR count). The number of Topliss-reactive ketones (excluding diaryl/α,β-unsaturated/α-hetero) is 1. The number of hydrogen-bond acceptors (Lipinski definition) is 5. The molecule has 0 N–H and O–H groups in total. The minimum atomic E-state index is 0.0260. The van der Waals surface area contributed by atoms with Gasteiger partial charge in [-0.15, -0.1) is 23.5 Å². The maximum atomic E-state index is 13.0. The van der Waals surface area contributed by atoms with Crippen LogP contribution in [0.1, 0.15) is 24.2 Å². The van der Waals surface area contributed by atoms with Crippen molar-refractivity contribution in [2.75, 3.05) is 24.6 Å². The van der Waals surface area contributed by atoms with Crippen LogP contribution in [0, 0.1) is 0 Å². The predicted molar refractivity (Wildman–Crippen MR) is 111 cm³/mol. The van der Waals surface area contributed by atoms with Crippen molar-refractivity contribution in [3.63, 3.8) is 0 Å². The number of halogens is 1. The van der Waals surface area contributed by atoms with E-state index in [4.69, 9.17) is 23.8 Å². The maximum Gasteiger partial charge on any atom is 0.201 e. The Morgan fingerprint density at radius 2 is 1.78 bits per heavy atom. The molecule has 0 radical (unpaired) electrons. The Hall–Kier alpha value is -0.140. The first-order valence-corrected chi connectivity index (χ1v) is 10.9. The van der Waals surface area contributed by atoms with E-state index in [2.05, 4.69) is 18.7 Å². The normalized spacial score (nSPS) is 14.0. The van der Waals surface area contributed by atoms with Crippen LogP contribution in [0.25, 0.3) is 0 Å². The molecule has 0 spiro atoms. The lowest BCUT2D eigenvalue weighted by molar-refractivity contribution is 0.104. The molecule has 0 aromatic heterocycles. The van der Waals surface area contributed by atoms with Crippen molar-refractivity contribution in [1.82, 2.24) is 4.90 Å². The number of thiocarbonyl (C=S) groups is 1. The van der Waals surface area contributed by atoms with E-state index < -0.39 is 0 Å². The van der Waals surface area contributed by atoms with Gasteiger partial charge >= 0.3 is 0 Å². The summed E-state index contributed by atoms with van der Waals surface area (Å²) in [6.45, 7) is 5.84. The SMILES string of the molecule is CCN(CC)C(=S)SC(C(=O)c1ccc(Cl)cc1)=C1SCCS1. The fourth-order valence-corrected chi connectivity index (χ4v) is 6.40. The van der Waals surface area contributed by atoms with Crippen LogP contribution >= 0.6 is 59.1 Å². The summed E-state index contributed by atoms with van der Waals surface area (Å²) in [6, 6.07) is 7.05. The maximum absolute atomic E-state index is 13.0. The summed E-state index contributed by atoms with van der Waals surface area (Å²) < 4.78 is 1.84. The summed E-state index contributed by atoms with van der Waals surface area (Å²) in [5.41, 5.74) is 0.653. The Kier molecular flexibility index (Phi) is 7.82. The molecule has 0 bridgehead atoms. The van der Waals surface area contributed by atoms with Gasteiger partial charge in [0.1, 0.15) is 4.32 Å². The molecule has 0 aliphatic carbocycles. The third kappa shape index (κ3) is 5.16. The Balaban J connectivity index is 2.28. The number of ketones is 1. The first-order chi connectivity index (χ1) is 11.1. The molecular formula is C16H18ClNOS4. The van der Waals surface area contributed by atoms with Gasteiger partial charge in [-0.2, -0.15) is 0 Å². The summed E-state index contributed by atoms with van der Waals surface area (Å²) in [4.78, 5) is 15.8. The van der Waals surface area contributed by atoms with Gasteiger partial charge in [0.15, 0.2) is 0 Å². The lowest BCUT2D eigenvalue weighted by Crippen LogP contribution is -2.27. The third-order valence-corrected chi connectivity index (χ3v) is 8.02. The van der Waals surface area contributed by atoms with Crippen molar-refractivity contribution < 1.29 is 4.79 Å². The van der Waals surface area contributed by atoms with E-state index in [1.54, 1.807) is 47.8 Å². The molecule has 0 amide bonds. The summed E-state index contributed by atoms with van der Waals surface area (Å²) in [7, 11) is 0. The summed E-state index contributed by atoms with van der Waals surface area (Å²) >= 11 is 16.4. The summed E-state index contributed by atoms with van der Waals surface area (Å²) in [5.74, 6) is 2.10. The number of nitrogens with zero attached hydrogens (tertiary/aromatic N) is 1. The van der Waals surface area contributed by atoms with E-state index in [1.165, 1.54) is 11.8 Å². The Labute approximate surface area is 160 Å². The molecule has 0 atom stereocenters. The minimum Gasteiger partial charge on any atom is -0.358 e. The van der Waals surface area contributed by atoms with Crippen LogP contribution in [0.3, 0.4) is 0 Å². The third-order valence-electron chi connectivity index (χ3n) is 3.26. The largest absolute Gasteiger partial charge is 0.358 e. The zero-order chi connectivity index (χ0) is 16.8. The number of rotatable bonds is 5. The van der Waals surface area contributed by atoms with Crippen LogP contribution in [-0.4, -0.2) is 39.6 Å². The number of hydrogen-bond donors (Lipinski definition) is 0. The number of carbonyl (C=O) groups excluding carboxylic acids is 1. The second-order valence-corrected chi connectivity index (χ2v) is 9.24. The fourth-order valence-electron chi connectivity index (χ4n) is 1.99. The van der Waals surface area contributed by atoms with Gasteiger partial charge in [-0.25, -0.2) is 0 Å². The van der Waals surface area contributed by atoms with Gasteiger partial charge in [-0.1, -0.05) is 35.6 Å². The van der Waals surface area contributed by atoms with Crippen molar-refractivity contribution >= 4 is 69.2 Å². The first-order valence-electron chi connectivity index (χ1n) is 7.33. The number of benzene rings is 1. The molecule has 1 aliphatic heterocycles. The number of thioether (sulfide) groups is 3. The minimum absolute atomic E-state index is 0.0260. The lowest BCUT2D eigenvalue weighted by atomic mass is 10.1. The van der Waals surface area contributed by atoms with Crippen molar-refractivity contribution in [2.24, 2.45) is 0 Å². The van der Waals surface area contributed by atoms with Gasteiger partial charge < -0.3 is 4.90 Å². The molecule has 0 unspecified atom stereocenters. The molecule has 1 saturated heterocycles. The standard InChI is InChI=1S/C16H18ClNOS4/c1-3-18(4-2)16(20)23-14(15-21-9-10-22-15)13(19)11-5-7-12(17)8-6-11/h5-8H,3-4,9-10H2,1-2H3. The molecule has 0 saturated carbocycles. The van der Waals surface area contributed by atoms with Crippen LogP contribution < -0.4 is 0 Å². The molecule has 1 aromatic carbocycles. The van der Waals surface area contributed by atoms with Gasteiger partial charge in [0.05, 0.1) is 9.14 Å². The summed E-state index contributed by atoms with van der Waals surface area (Å²) in [6.07, 6.45) is 0. The molecule has 1 fully saturated rings. The van der Waals surface area contributed by atoms with Crippen molar-refractivity contribution in [2.45, 2.75) is 13.8 Å². The average Bonchev–Trinajstić information content (AvgIpc) is 3.08. The van der Waals surface area contributed by atoms with E-state index in [9.17, 15) is 4.79 Å². The van der Waals surface area contributed by atoms with E-state index >= 15 is 0 Å². The zero-order valence-electron chi connectivity index (χ0n) is 13.0. The topological polar surface area (TPSA) is 20.3 Å². The molecular weight excluding hydrogens is 386 g/mol. The molecule has 1 heterocycles. The van der Waals surface area contributed by atoms with Crippen molar-refractivity contribution in [3.05, 3.63) is 44.0 Å². The van der Waals surface area contributed by atoms with Crippen LogP contribution in [0.15, 0.2) is 33.4 Å². The molecule has 124 valence electrons. The van der Waals surface area contributed by atoms with Crippen molar-refractivity contribution in [3.8, 4) is 0 Å². The fraction of sp³-hybridized carbons (Fsp3) is 0.375. The van der Waals surface area contributed by atoms with Crippen LogP contribution in [-0.2, 0) is 0 Å². The molecule has 23 heavy (non-hydrogen) atoms. The van der Waals surface area contributed by atoms with Gasteiger partial charge in [0.2, 0.25) is 5.78 Å². The van der Waals surface area contributed by atoms with E-state index in [1.807, 2.05) is 0 Å². The van der Waals surface area contributed by atoms with Crippen molar-refractivity contribution in [1.29, 1.82) is 0 Å². The second kappa shape index (κ2) is 9.37. The van der Waals surface area contributed by atoms with Gasteiger partial charge in [-0.3, -0.25) is 4.79 Å². The molecule has 2 nitrogen and oxygen atoms in total. The van der Waals surface area contributed by atoms with E-state index in [0.717, 1.165) is 38.1 Å². The Morgan fingerprint density at radius 1 is 1.22 bits per heavy atom. The summed E-state index contributed by atoms with van der Waals surface area (Å²) in [5, 5.41) is 0.631. The van der Waals surface area contributed by atoms with Crippen LogP contribution in [0.4, 0.5) is 0 Å². The highest BCUT2D eigenvalue weighted by Crippen LogP contribution is 2.43. The molecule has 1 aromatic rings. The zero-order valence-corrected chi connectivity index (χ0v) is 17.0. The second-order valence-electron chi connectivity index (χ2n) is 4.69. The van der Waals surface area contributed by atoms with Crippen LogP contribution in [0.2, 0.25) is 5.02 Å². The van der Waals surface area contributed by atoms with E-state index in [-0.39, 0.29) is 5.78 Å². The monoisotopic (exact) mass is 403 g/mol. The van der Waals surface area contributed by atoms with E-state index in [0.29, 0.717) is 10.6 Å². The van der Waals surface area contributed by atoms with Gasteiger partial charge in [-0.05, 0) is 38.1 Å². The highest BCUT2D eigenvalue weighted by Gasteiger charge is 2.24. The van der Waals surface area contributed by atoms with Gasteiger partial charge in [0, 0.05) is 35.2 Å². The Bertz CT molecular complexity index is 603. The van der Waals surface area contributed by atoms with Gasteiger partial charge in [0.25, 0.3) is 0 Å². The Morgan fingerprint density at radius 3 is 2.30 bits per heavy atom. The number of allylic oxidation sites excluding steroid dienone is 1. The highest BCUT2D eigenvalue weighted by molar-refractivity contribution is 8.29. The average molecular weight is 404 g/mol. The lowest BCUT2D eigenvalue weighted by Gasteiger charge is -2.22. The molecule has 1 aliphatic rings. The smallest absolute Gasteiger partial charge is 0.201 e. The number of carbonyl (C=O) groups is 1. The quantitative estimate of drug-likeness (QED) is 0.363. The van der Waals surface area contributed by atoms with Crippen LogP contribution in [0.5, 0.6) is 0 Å². The molecule has 7 heteroatoms.